The van der Waals surface area contributed by atoms with Crippen molar-refractivity contribution in [2.75, 3.05) is 0 Å². The van der Waals surface area contributed by atoms with Crippen LogP contribution in [0.5, 0.6) is 0 Å². The Morgan fingerprint density at radius 2 is 1.79 bits per heavy atom. The molecule has 4 rings (SSSR count). The van der Waals surface area contributed by atoms with E-state index in [9.17, 15) is 22.7 Å². The van der Waals surface area contributed by atoms with E-state index >= 15 is 0 Å². The van der Waals surface area contributed by atoms with Gasteiger partial charge in [0.1, 0.15) is 0 Å². The van der Waals surface area contributed by atoms with E-state index in [1.165, 1.54) is 47.8 Å². The normalized spacial score (nSPS) is 27.7. The Bertz CT molecular complexity index is 1010. The number of aliphatic hydroxyl groups is 1. The molecule has 1 aromatic heterocycles. The van der Waals surface area contributed by atoms with Crippen LogP contribution >= 0.6 is 0 Å². The number of fused-ring (bicyclic) bond motifs is 2. The molecule has 0 amide bonds. The number of hydrogen-bond acceptors (Lipinski definition) is 5. The molecule has 0 saturated carbocycles. The number of benzene rings is 1. The van der Waals surface area contributed by atoms with Crippen LogP contribution in [0.15, 0.2) is 47.5 Å². The van der Waals surface area contributed by atoms with E-state index in [0.29, 0.717) is 18.4 Å². The van der Waals surface area contributed by atoms with Crippen LogP contribution in [0.25, 0.3) is 0 Å². The van der Waals surface area contributed by atoms with Gasteiger partial charge >= 0.3 is 0 Å². The molecule has 148 valence electrons. The molecule has 28 heavy (non-hydrogen) atoms. The number of carbonyl (C=O) groups excluding carboxylic acids is 1. The molecular weight excluding hydrogens is 383 g/mol. The number of ketones is 1. The molecule has 2 atom stereocenters. The number of halogens is 1. The molecule has 2 unspecified atom stereocenters. The monoisotopic (exact) mass is 404 g/mol. The predicted octanol–water partition coefficient (Wildman–Crippen LogP) is 2.63. The first-order valence-electron chi connectivity index (χ1n) is 9.20. The Kier molecular flexibility index (Phi) is 4.60. The smallest absolute Gasteiger partial charge is 0.243 e. The fourth-order valence-corrected chi connectivity index (χ4v) is 6.38. The van der Waals surface area contributed by atoms with Crippen LogP contribution in [0.4, 0.5) is 4.39 Å². The zero-order valence-electron chi connectivity index (χ0n) is 15.4. The summed E-state index contributed by atoms with van der Waals surface area (Å²) in [6, 6.07) is 8.12. The average Bonchev–Trinajstić information content (AvgIpc) is 2.95. The summed E-state index contributed by atoms with van der Waals surface area (Å²) in [4.78, 5) is 15.2. The average molecular weight is 404 g/mol. The van der Waals surface area contributed by atoms with E-state index in [1.807, 2.05) is 0 Å². The molecule has 0 spiro atoms. The van der Waals surface area contributed by atoms with Crippen molar-refractivity contribution < 1.29 is 22.7 Å². The van der Waals surface area contributed by atoms with Gasteiger partial charge in [0, 0.05) is 29.4 Å². The molecule has 2 aliphatic rings. The highest BCUT2D eigenvalue weighted by Crippen LogP contribution is 2.48. The molecule has 2 aliphatic heterocycles. The topological polar surface area (TPSA) is 87.6 Å². The summed E-state index contributed by atoms with van der Waals surface area (Å²) in [5.74, 6) is -0.855. The number of nitrogens with zero attached hydrogens (tertiary/aromatic N) is 2. The number of aromatic nitrogens is 1. The SMILES string of the molecule is CC(=O)c1ccc(S(=O)(=O)N2C3CCC2CC(O)(c2cccnc2F)C3)cc1. The maximum Gasteiger partial charge on any atom is 0.243 e. The number of pyridine rings is 1. The van der Waals surface area contributed by atoms with Gasteiger partial charge in [0.2, 0.25) is 16.0 Å². The summed E-state index contributed by atoms with van der Waals surface area (Å²) in [5, 5.41) is 11.1. The fourth-order valence-electron chi connectivity index (χ4n) is 4.51. The Labute approximate surface area is 163 Å². The summed E-state index contributed by atoms with van der Waals surface area (Å²) in [5.41, 5.74) is -0.869. The second kappa shape index (κ2) is 6.72. The minimum Gasteiger partial charge on any atom is -0.385 e. The summed E-state index contributed by atoms with van der Waals surface area (Å²) >= 11 is 0. The number of Topliss-reactive ketones (excluding diaryl/α,β-unsaturated/α-hetero) is 1. The molecule has 6 nitrogen and oxygen atoms in total. The maximum absolute atomic E-state index is 14.2. The molecule has 2 aromatic rings. The first-order valence-corrected chi connectivity index (χ1v) is 10.6. The molecule has 2 bridgehead atoms. The lowest BCUT2D eigenvalue weighted by Gasteiger charge is -2.43. The highest BCUT2D eigenvalue weighted by molar-refractivity contribution is 7.89. The standard InChI is InChI=1S/C20H21FN2O4S/c1-13(24)14-4-8-17(9-5-14)28(26,27)23-15-6-7-16(23)12-20(25,11-15)18-3-2-10-22-19(18)21/h2-5,8-10,15-16,25H,6-7,11-12H2,1H3. The third-order valence-electron chi connectivity index (χ3n) is 5.80. The van der Waals surface area contributed by atoms with Gasteiger partial charge in [0.15, 0.2) is 5.78 Å². The Morgan fingerprint density at radius 1 is 1.18 bits per heavy atom. The lowest BCUT2D eigenvalue weighted by atomic mass is 9.82. The minimum absolute atomic E-state index is 0.118. The fraction of sp³-hybridized carbons (Fsp3) is 0.400. The van der Waals surface area contributed by atoms with Gasteiger partial charge in [-0.1, -0.05) is 18.2 Å². The molecule has 1 aromatic carbocycles. The predicted molar refractivity (Wildman–Crippen MR) is 99.6 cm³/mol. The minimum atomic E-state index is -3.78. The number of rotatable bonds is 4. The first kappa shape index (κ1) is 19.2. The third kappa shape index (κ3) is 3.05. The lowest BCUT2D eigenvalue weighted by Crippen LogP contribution is -2.52. The third-order valence-corrected chi connectivity index (χ3v) is 7.82. The van der Waals surface area contributed by atoms with Gasteiger partial charge in [-0.2, -0.15) is 8.70 Å². The quantitative estimate of drug-likeness (QED) is 0.625. The molecular formula is C20H21FN2O4S. The Balaban J connectivity index is 1.65. The highest BCUT2D eigenvalue weighted by atomic mass is 32.2. The molecule has 3 heterocycles. The lowest BCUT2D eigenvalue weighted by molar-refractivity contribution is -0.0370. The molecule has 1 N–H and O–H groups in total. The van der Waals surface area contributed by atoms with Gasteiger partial charge in [-0.05, 0) is 50.8 Å². The summed E-state index contributed by atoms with van der Waals surface area (Å²) in [6.45, 7) is 1.42. The van der Waals surface area contributed by atoms with Crippen molar-refractivity contribution in [1.82, 2.24) is 9.29 Å². The number of carbonyl (C=O) groups is 1. The van der Waals surface area contributed by atoms with E-state index < -0.39 is 33.7 Å². The van der Waals surface area contributed by atoms with E-state index in [4.69, 9.17) is 0 Å². The van der Waals surface area contributed by atoms with Gasteiger partial charge in [-0.25, -0.2) is 13.4 Å². The van der Waals surface area contributed by atoms with Crippen LogP contribution < -0.4 is 0 Å². The van der Waals surface area contributed by atoms with Crippen LogP contribution in [0.1, 0.15) is 48.5 Å². The van der Waals surface area contributed by atoms with E-state index in [-0.39, 0.29) is 29.1 Å². The Morgan fingerprint density at radius 3 is 2.32 bits per heavy atom. The summed E-state index contributed by atoms with van der Waals surface area (Å²) in [7, 11) is -3.78. The second-order valence-corrected chi connectivity index (χ2v) is 9.43. The molecule has 2 saturated heterocycles. The second-order valence-electron chi connectivity index (χ2n) is 7.58. The molecule has 8 heteroatoms. The van der Waals surface area contributed by atoms with Crippen LogP contribution in [-0.4, -0.2) is 40.7 Å². The van der Waals surface area contributed by atoms with Gasteiger partial charge in [-0.15, -0.1) is 0 Å². The number of sulfonamides is 1. The molecule has 0 aliphatic carbocycles. The van der Waals surface area contributed by atoms with E-state index in [0.717, 1.165) is 0 Å². The summed E-state index contributed by atoms with van der Waals surface area (Å²) in [6.07, 6.45) is 2.79. The maximum atomic E-state index is 14.2. The highest BCUT2D eigenvalue weighted by Gasteiger charge is 2.53. The zero-order chi connectivity index (χ0) is 20.1. The van der Waals surface area contributed by atoms with Crippen LogP contribution in [0, 0.1) is 5.95 Å². The van der Waals surface area contributed by atoms with Gasteiger partial charge in [0.25, 0.3) is 0 Å². The van der Waals surface area contributed by atoms with Crippen molar-refractivity contribution in [3.8, 4) is 0 Å². The number of piperidine rings is 1. The van der Waals surface area contributed by atoms with Crippen molar-refractivity contribution in [3.63, 3.8) is 0 Å². The van der Waals surface area contributed by atoms with Gasteiger partial charge < -0.3 is 5.11 Å². The van der Waals surface area contributed by atoms with Crippen LogP contribution in [-0.2, 0) is 15.6 Å². The molecule has 0 radical (unpaired) electrons. The van der Waals surface area contributed by atoms with E-state index in [1.54, 1.807) is 6.07 Å². The van der Waals surface area contributed by atoms with Crippen molar-refractivity contribution in [1.29, 1.82) is 0 Å². The van der Waals surface area contributed by atoms with Gasteiger partial charge in [0.05, 0.1) is 10.5 Å². The molecule has 2 fully saturated rings. The summed E-state index contributed by atoms with van der Waals surface area (Å²) < 4.78 is 42.1. The van der Waals surface area contributed by atoms with E-state index in [2.05, 4.69) is 4.98 Å². The van der Waals surface area contributed by atoms with Crippen molar-refractivity contribution in [3.05, 3.63) is 59.7 Å². The van der Waals surface area contributed by atoms with Crippen LogP contribution in [0.2, 0.25) is 0 Å². The number of hydrogen-bond donors (Lipinski definition) is 1. The first-order chi connectivity index (χ1) is 13.2. The van der Waals surface area contributed by atoms with Crippen molar-refractivity contribution in [2.45, 2.75) is 55.2 Å². The van der Waals surface area contributed by atoms with Crippen molar-refractivity contribution >= 4 is 15.8 Å². The largest absolute Gasteiger partial charge is 0.385 e. The van der Waals surface area contributed by atoms with Gasteiger partial charge in [-0.3, -0.25) is 4.79 Å². The van der Waals surface area contributed by atoms with Crippen LogP contribution in [0.3, 0.4) is 0 Å². The Hall–Kier alpha value is -2.16. The van der Waals surface area contributed by atoms with Crippen molar-refractivity contribution in [2.24, 2.45) is 0 Å². The zero-order valence-corrected chi connectivity index (χ0v) is 16.2.